The summed E-state index contributed by atoms with van der Waals surface area (Å²) in [5.41, 5.74) is 2.55. The summed E-state index contributed by atoms with van der Waals surface area (Å²) < 4.78 is 44.7. The number of benzene rings is 2. The minimum absolute atomic E-state index is 0.295. The predicted octanol–water partition coefficient (Wildman–Crippen LogP) is 3.82. The molecule has 0 spiro atoms. The summed E-state index contributed by atoms with van der Waals surface area (Å²) >= 11 is 1.29. The number of hydrogen-bond acceptors (Lipinski definition) is 6. The Kier molecular flexibility index (Phi) is 5.28. The van der Waals surface area contributed by atoms with E-state index >= 15 is 0 Å². The molecule has 0 saturated carbocycles. The molecule has 2 heterocycles. The number of ether oxygens (including phenoxy) is 1. The number of piperazine rings is 1. The molecule has 0 N–H and O–H groups in total. The van der Waals surface area contributed by atoms with Crippen molar-refractivity contribution in [2.45, 2.75) is 6.54 Å². The lowest BCUT2D eigenvalue weighted by molar-refractivity contribution is 0.238. The topological polar surface area (TPSA) is 62.7 Å². The van der Waals surface area contributed by atoms with E-state index in [4.69, 9.17) is 4.74 Å². The standard InChI is InChI=1S/C20H20FN3O3S2/c1-14-12-24(29(2,25)26)10-9-23(14)13-15-3-6-17(7-4-15)27-20-22-18-8-5-16(21)11-19(18)28-20/h3-8,11H,1,9-10,12-13H2,2H3. The van der Waals surface area contributed by atoms with Gasteiger partial charge in [-0.1, -0.05) is 30.0 Å². The van der Waals surface area contributed by atoms with Crippen LogP contribution in [0.2, 0.25) is 0 Å². The third-order valence-electron chi connectivity index (χ3n) is 4.73. The Morgan fingerprint density at radius 1 is 1.21 bits per heavy atom. The average Bonchev–Trinajstić information content (AvgIpc) is 3.05. The molecule has 4 rings (SSSR count). The molecule has 1 aliphatic rings. The lowest BCUT2D eigenvalue weighted by Crippen LogP contribution is -2.46. The zero-order valence-corrected chi connectivity index (χ0v) is 17.5. The molecule has 6 nitrogen and oxygen atoms in total. The molecule has 152 valence electrons. The van der Waals surface area contributed by atoms with Gasteiger partial charge in [0.25, 0.3) is 5.19 Å². The van der Waals surface area contributed by atoms with Gasteiger partial charge in [-0.15, -0.1) is 0 Å². The number of rotatable bonds is 5. The molecule has 1 fully saturated rings. The smallest absolute Gasteiger partial charge is 0.279 e. The van der Waals surface area contributed by atoms with Gasteiger partial charge in [0.15, 0.2) is 0 Å². The van der Waals surface area contributed by atoms with Crippen LogP contribution in [0.3, 0.4) is 0 Å². The first-order valence-corrected chi connectivity index (χ1v) is 11.7. The van der Waals surface area contributed by atoms with Crippen molar-refractivity contribution in [1.82, 2.24) is 14.2 Å². The van der Waals surface area contributed by atoms with Crippen LogP contribution in [0.15, 0.2) is 54.7 Å². The Bertz CT molecular complexity index is 1160. The fraction of sp³-hybridized carbons (Fsp3) is 0.250. The van der Waals surface area contributed by atoms with Crippen LogP contribution in [0.25, 0.3) is 10.2 Å². The first-order chi connectivity index (χ1) is 13.8. The van der Waals surface area contributed by atoms with E-state index in [0.29, 0.717) is 42.6 Å². The number of fused-ring (bicyclic) bond motifs is 1. The molecular weight excluding hydrogens is 413 g/mol. The van der Waals surface area contributed by atoms with Crippen LogP contribution >= 0.6 is 11.3 Å². The second kappa shape index (κ2) is 7.74. The van der Waals surface area contributed by atoms with Crippen LogP contribution in [0.1, 0.15) is 5.56 Å². The molecule has 1 aromatic heterocycles. The zero-order valence-electron chi connectivity index (χ0n) is 15.8. The molecule has 1 saturated heterocycles. The molecule has 0 radical (unpaired) electrons. The van der Waals surface area contributed by atoms with Gasteiger partial charge >= 0.3 is 0 Å². The van der Waals surface area contributed by atoms with Gasteiger partial charge in [-0.2, -0.15) is 4.31 Å². The summed E-state index contributed by atoms with van der Waals surface area (Å²) in [5.74, 6) is 0.352. The van der Waals surface area contributed by atoms with Gasteiger partial charge in [0.05, 0.1) is 23.0 Å². The fourth-order valence-electron chi connectivity index (χ4n) is 3.15. The molecule has 0 unspecified atom stereocenters. The van der Waals surface area contributed by atoms with Gasteiger partial charge in [0.1, 0.15) is 11.6 Å². The number of halogens is 1. The van der Waals surface area contributed by atoms with Crippen LogP contribution < -0.4 is 4.74 Å². The number of thiazole rings is 1. The fourth-order valence-corrected chi connectivity index (χ4v) is 4.81. The summed E-state index contributed by atoms with van der Waals surface area (Å²) in [6.45, 7) is 6.04. The summed E-state index contributed by atoms with van der Waals surface area (Å²) in [6.07, 6.45) is 1.22. The van der Waals surface area contributed by atoms with Gasteiger partial charge in [-0.05, 0) is 35.9 Å². The summed E-state index contributed by atoms with van der Waals surface area (Å²) in [5, 5.41) is 0.462. The lowest BCUT2D eigenvalue weighted by Gasteiger charge is -2.36. The molecule has 0 atom stereocenters. The molecule has 0 bridgehead atoms. The van der Waals surface area contributed by atoms with Gasteiger partial charge in [0, 0.05) is 25.3 Å². The van der Waals surface area contributed by atoms with Crippen LogP contribution in [0.5, 0.6) is 10.9 Å². The molecule has 29 heavy (non-hydrogen) atoms. The first kappa shape index (κ1) is 19.8. The highest BCUT2D eigenvalue weighted by atomic mass is 32.2. The largest absolute Gasteiger partial charge is 0.431 e. The zero-order chi connectivity index (χ0) is 20.6. The van der Waals surface area contributed by atoms with Gasteiger partial charge < -0.3 is 9.64 Å². The van der Waals surface area contributed by atoms with E-state index in [1.165, 1.54) is 34.0 Å². The van der Waals surface area contributed by atoms with Crippen molar-refractivity contribution in [3.05, 3.63) is 66.1 Å². The van der Waals surface area contributed by atoms with E-state index in [9.17, 15) is 12.8 Å². The van der Waals surface area contributed by atoms with E-state index in [-0.39, 0.29) is 5.82 Å². The minimum atomic E-state index is -3.20. The van der Waals surface area contributed by atoms with Crippen molar-refractivity contribution in [2.24, 2.45) is 0 Å². The van der Waals surface area contributed by atoms with E-state index in [2.05, 4.69) is 16.5 Å². The second-order valence-corrected chi connectivity index (χ2v) is 9.90. The number of nitrogens with zero attached hydrogens (tertiary/aromatic N) is 3. The van der Waals surface area contributed by atoms with E-state index in [1.54, 1.807) is 6.07 Å². The maximum Gasteiger partial charge on any atom is 0.279 e. The predicted molar refractivity (Wildman–Crippen MR) is 112 cm³/mol. The van der Waals surface area contributed by atoms with Crippen LogP contribution in [0.4, 0.5) is 4.39 Å². The van der Waals surface area contributed by atoms with E-state index in [1.807, 2.05) is 24.3 Å². The van der Waals surface area contributed by atoms with Crippen molar-refractivity contribution >= 4 is 31.6 Å². The quantitative estimate of drug-likeness (QED) is 0.612. The molecular formula is C20H20FN3O3S2. The highest BCUT2D eigenvalue weighted by molar-refractivity contribution is 7.88. The summed E-state index contributed by atoms with van der Waals surface area (Å²) in [7, 11) is -3.20. The second-order valence-electron chi connectivity index (χ2n) is 6.92. The molecule has 3 aromatic rings. The summed E-state index contributed by atoms with van der Waals surface area (Å²) in [4.78, 5) is 6.44. The van der Waals surface area contributed by atoms with Gasteiger partial charge in [0.2, 0.25) is 10.0 Å². The van der Waals surface area contributed by atoms with Crippen LogP contribution in [-0.2, 0) is 16.6 Å². The minimum Gasteiger partial charge on any atom is -0.431 e. The van der Waals surface area contributed by atoms with Gasteiger partial charge in [-0.3, -0.25) is 0 Å². The SMILES string of the molecule is C=C1CN(S(C)(=O)=O)CCN1Cc1ccc(Oc2nc3ccc(F)cc3s2)cc1. The van der Waals surface area contributed by atoms with E-state index in [0.717, 1.165) is 16.0 Å². The molecule has 9 heteroatoms. The third kappa shape index (κ3) is 4.58. The Morgan fingerprint density at radius 2 is 1.97 bits per heavy atom. The molecule has 0 aliphatic carbocycles. The van der Waals surface area contributed by atoms with Crippen molar-refractivity contribution in [3.8, 4) is 10.9 Å². The third-order valence-corrected chi connectivity index (χ3v) is 6.87. The number of hydrogen-bond donors (Lipinski definition) is 0. The molecule has 2 aromatic carbocycles. The van der Waals surface area contributed by atoms with E-state index < -0.39 is 10.0 Å². The maximum absolute atomic E-state index is 13.3. The Hall–Kier alpha value is -2.49. The number of sulfonamides is 1. The highest BCUT2D eigenvalue weighted by Gasteiger charge is 2.25. The van der Waals surface area contributed by atoms with Crippen molar-refractivity contribution < 1.29 is 17.5 Å². The maximum atomic E-state index is 13.3. The van der Waals surface area contributed by atoms with Crippen LogP contribution in [-0.4, -0.2) is 48.5 Å². The summed E-state index contributed by atoms with van der Waals surface area (Å²) in [6, 6.07) is 12.1. The Balaban J connectivity index is 1.39. The van der Waals surface area contributed by atoms with Crippen molar-refractivity contribution in [2.75, 3.05) is 25.9 Å². The lowest BCUT2D eigenvalue weighted by atomic mass is 10.2. The normalized spacial score (nSPS) is 15.8. The van der Waals surface area contributed by atoms with Crippen LogP contribution in [0, 0.1) is 5.82 Å². The monoisotopic (exact) mass is 433 g/mol. The average molecular weight is 434 g/mol. The molecule has 1 aliphatic heterocycles. The van der Waals surface area contributed by atoms with Crippen molar-refractivity contribution in [1.29, 1.82) is 0 Å². The number of aromatic nitrogens is 1. The van der Waals surface area contributed by atoms with Gasteiger partial charge in [-0.25, -0.2) is 17.8 Å². The first-order valence-electron chi connectivity index (χ1n) is 8.99. The Morgan fingerprint density at radius 3 is 2.66 bits per heavy atom. The highest BCUT2D eigenvalue weighted by Crippen LogP contribution is 2.32. The Labute approximate surface area is 172 Å². The molecule has 0 amide bonds. The van der Waals surface area contributed by atoms with Crippen molar-refractivity contribution in [3.63, 3.8) is 0 Å².